The van der Waals surface area contributed by atoms with Crippen LogP contribution >= 0.6 is 0 Å². The second kappa shape index (κ2) is 10.8. The van der Waals surface area contributed by atoms with Crippen LogP contribution in [0.25, 0.3) is 5.69 Å². The number of aromatic nitrogens is 2. The molecule has 4 rings (SSSR count). The first-order valence-corrected chi connectivity index (χ1v) is 12.0. The van der Waals surface area contributed by atoms with Crippen LogP contribution in [-0.2, 0) is 0 Å². The molecule has 3 aromatic rings. The van der Waals surface area contributed by atoms with Crippen molar-refractivity contribution in [2.24, 2.45) is 0 Å². The lowest BCUT2D eigenvalue weighted by Crippen LogP contribution is -2.44. The van der Waals surface area contributed by atoms with Crippen LogP contribution in [0.1, 0.15) is 33.7 Å². The lowest BCUT2D eigenvalue weighted by atomic mass is 10.1. The summed E-state index contributed by atoms with van der Waals surface area (Å²) in [5.41, 5.74) is 5.49. The van der Waals surface area contributed by atoms with E-state index >= 15 is 0 Å². The average molecular weight is 462 g/mol. The van der Waals surface area contributed by atoms with Crippen LogP contribution in [0, 0.1) is 20.8 Å². The number of hydrogen-bond acceptors (Lipinski definition) is 5. The maximum atomic E-state index is 12.7. The quantitative estimate of drug-likeness (QED) is 0.513. The summed E-state index contributed by atoms with van der Waals surface area (Å²) in [7, 11) is 2.17. The van der Waals surface area contributed by atoms with E-state index in [0.29, 0.717) is 12.2 Å². The second-order valence-corrected chi connectivity index (χ2v) is 9.17. The number of carbonyl (C=O) groups is 1. The lowest BCUT2D eigenvalue weighted by Gasteiger charge is -2.32. The molecule has 1 aliphatic rings. The van der Waals surface area contributed by atoms with Gasteiger partial charge in [0, 0.05) is 49.7 Å². The van der Waals surface area contributed by atoms with Gasteiger partial charge in [-0.15, -0.1) is 0 Å². The lowest BCUT2D eigenvalue weighted by molar-refractivity contribution is 0.102. The Balaban J connectivity index is 1.27. The van der Waals surface area contributed by atoms with Crippen LogP contribution in [0.2, 0.25) is 0 Å². The largest absolute Gasteiger partial charge is 0.494 e. The van der Waals surface area contributed by atoms with Crippen molar-refractivity contribution in [2.45, 2.75) is 27.2 Å². The Bertz CT molecular complexity index is 1110. The first-order valence-electron chi connectivity index (χ1n) is 12.0. The molecular weight excluding hydrogens is 426 g/mol. The van der Waals surface area contributed by atoms with E-state index in [1.54, 1.807) is 0 Å². The molecule has 0 bridgehead atoms. The van der Waals surface area contributed by atoms with Gasteiger partial charge in [0.2, 0.25) is 0 Å². The molecule has 1 saturated heterocycles. The fourth-order valence-electron chi connectivity index (χ4n) is 4.30. The summed E-state index contributed by atoms with van der Waals surface area (Å²) >= 11 is 0. The summed E-state index contributed by atoms with van der Waals surface area (Å²) in [5.74, 6) is 0.653. The molecule has 0 saturated carbocycles. The maximum Gasteiger partial charge on any atom is 0.255 e. The fraction of sp³-hybridized carbons (Fsp3) is 0.407. The molecule has 2 heterocycles. The van der Waals surface area contributed by atoms with Gasteiger partial charge in [0.25, 0.3) is 5.91 Å². The predicted molar refractivity (Wildman–Crippen MR) is 136 cm³/mol. The van der Waals surface area contributed by atoms with Crippen molar-refractivity contribution in [1.82, 2.24) is 19.6 Å². The first-order chi connectivity index (χ1) is 16.4. The van der Waals surface area contributed by atoms with Gasteiger partial charge in [-0.25, -0.2) is 4.68 Å². The highest BCUT2D eigenvalue weighted by atomic mass is 16.5. The Hall–Kier alpha value is -3.16. The van der Waals surface area contributed by atoms with Gasteiger partial charge in [-0.3, -0.25) is 4.79 Å². The minimum atomic E-state index is -0.139. The number of hydrogen-bond donors (Lipinski definition) is 1. The van der Waals surface area contributed by atoms with Gasteiger partial charge in [-0.1, -0.05) is 0 Å². The summed E-state index contributed by atoms with van der Waals surface area (Å²) < 4.78 is 7.81. The van der Waals surface area contributed by atoms with Crippen LogP contribution < -0.4 is 10.1 Å². The Morgan fingerprint density at radius 1 is 1.00 bits per heavy atom. The van der Waals surface area contributed by atoms with Crippen molar-refractivity contribution < 1.29 is 9.53 Å². The molecule has 0 radical (unpaired) electrons. The third-order valence-electron chi connectivity index (χ3n) is 6.29. The molecule has 1 aromatic heterocycles. The first kappa shape index (κ1) is 24.0. The normalized spacial score (nSPS) is 14.8. The van der Waals surface area contributed by atoms with Gasteiger partial charge in [-0.05, 0) is 88.3 Å². The van der Waals surface area contributed by atoms with Crippen molar-refractivity contribution >= 4 is 11.6 Å². The summed E-state index contributed by atoms with van der Waals surface area (Å²) in [6.07, 6.45) is 0.999. The van der Waals surface area contributed by atoms with E-state index in [1.165, 1.54) is 0 Å². The van der Waals surface area contributed by atoms with E-state index in [1.807, 2.05) is 67.9 Å². The number of benzene rings is 2. The molecule has 1 fully saturated rings. The molecule has 7 nitrogen and oxygen atoms in total. The highest BCUT2D eigenvalue weighted by Crippen LogP contribution is 2.21. The van der Waals surface area contributed by atoms with Gasteiger partial charge in [0.15, 0.2) is 0 Å². The van der Waals surface area contributed by atoms with Gasteiger partial charge in [0.1, 0.15) is 5.75 Å². The Morgan fingerprint density at radius 3 is 2.38 bits per heavy atom. The number of amides is 1. The maximum absolute atomic E-state index is 12.7. The van der Waals surface area contributed by atoms with Crippen LogP contribution in [0.15, 0.2) is 48.5 Å². The number of ether oxygens (including phenoxy) is 1. The van der Waals surface area contributed by atoms with Crippen LogP contribution in [0.4, 0.5) is 5.69 Å². The van der Waals surface area contributed by atoms with Crippen molar-refractivity contribution in [3.8, 4) is 11.4 Å². The molecule has 2 aromatic carbocycles. The molecule has 7 heteroatoms. The van der Waals surface area contributed by atoms with E-state index in [2.05, 4.69) is 33.3 Å². The number of carbonyl (C=O) groups excluding carboxylic acids is 1. The zero-order valence-electron chi connectivity index (χ0n) is 20.7. The fourth-order valence-corrected chi connectivity index (χ4v) is 4.30. The number of rotatable bonds is 8. The molecule has 1 N–H and O–H groups in total. The number of aryl methyl sites for hydroxylation is 3. The van der Waals surface area contributed by atoms with E-state index < -0.39 is 0 Å². The molecule has 1 amide bonds. The minimum Gasteiger partial charge on any atom is -0.494 e. The number of likely N-dealkylation sites (N-methyl/N-ethyl adjacent to an activating group) is 1. The molecular formula is C27H35N5O2. The Morgan fingerprint density at radius 2 is 1.74 bits per heavy atom. The predicted octanol–water partition coefficient (Wildman–Crippen LogP) is 4.07. The minimum absolute atomic E-state index is 0.139. The summed E-state index contributed by atoms with van der Waals surface area (Å²) in [6, 6.07) is 15.3. The summed E-state index contributed by atoms with van der Waals surface area (Å²) in [5, 5.41) is 7.54. The van der Waals surface area contributed by atoms with Crippen molar-refractivity contribution in [3.05, 3.63) is 71.0 Å². The van der Waals surface area contributed by atoms with Crippen molar-refractivity contribution in [3.63, 3.8) is 0 Å². The molecule has 0 unspecified atom stereocenters. The van der Waals surface area contributed by atoms with Gasteiger partial charge in [0.05, 0.1) is 18.0 Å². The van der Waals surface area contributed by atoms with Gasteiger partial charge >= 0.3 is 0 Å². The Labute approximate surface area is 202 Å². The zero-order chi connectivity index (χ0) is 24.1. The second-order valence-electron chi connectivity index (χ2n) is 9.17. The van der Waals surface area contributed by atoms with Crippen LogP contribution in [0.3, 0.4) is 0 Å². The van der Waals surface area contributed by atoms with Gasteiger partial charge in [-0.2, -0.15) is 5.10 Å². The highest BCUT2D eigenvalue weighted by Gasteiger charge is 2.13. The van der Waals surface area contributed by atoms with Gasteiger partial charge < -0.3 is 19.9 Å². The summed E-state index contributed by atoms with van der Waals surface area (Å²) in [6.45, 7) is 12.3. The van der Waals surface area contributed by atoms with Crippen molar-refractivity contribution in [2.75, 3.05) is 51.7 Å². The van der Waals surface area contributed by atoms with Crippen LogP contribution in [-0.4, -0.2) is 71.9 Å². The highest BCUT2D eigenvalue weighted by molar-refractivity contribution is 6.04. The topological polar surface area (TPSA) is 62.6 Å². The zero-order valence-corrected chi connectivity index (χ0v) is 20.7. The van der Waals surface area contributed by atoms with E-state index in [9.17, 15) is 4.79 Å². The third-order valence-corrected chi connectivity index (χ3v) is 6.29. The molecule has 0 spiro atoms. The SMILES string of the molecule is Cc1cc(C)n(-c2ccc(NC(=O)c3ccc(OCCCN4CCN(C)CC4)cc3)cc2C)n1. The average Bonchev–Trinajstić information content (AvgIpc) is 3.16. The number of nitrogens with one attached hydrogen (secondary N) is 1. The Kier molecular flexibility index (Phi) is 7.65. The van der Waals surface area contributed by atoms with E-state index in [0.717, 1.165) is 73.2 Å². The molecule has 0 aliphatic carbocycles. The smallest absolute Gasteiger partial charge is 0.255 e. The monoisotopic (exact) mass is 461 g/mol. The number of nitrogens with zero attached hydrogens (tertiary/aromatic N) is 4. The van der Waals surface area contributed by atoms with Crippen LogP contribution in [0.5, 0.6) is 5.75 Å². The third kappa shape index (κ3) is 6.04. The molecule has 34 heavy (non-hydrogen) atoms. The number of anilines is 1. The standard InChI is InChI=1S/C27H35N5O2/c1-20-18-24(8-11-26(20)32-22(3)19-21(2)29-32)28-27(33)23-6-9-25(10-7-23)34-17-5-12-31-15-13-30(4)14-16-31/h6-11,18-19H,5,12-17H2,1-4H3,(H,28,33). The molecule has 0 atom stereocenters. The summed E-state index contributed by atoms with van der Waals surface area (Å²) in [4.78, 5) is 17.6. The molecule has 180 valence electrons. The van der Waals surface area contributed by atoms with Crippen molar-refractivity contribution in [1.29, 1.82) is 0 Å². The number of piperazine rings is 1. The molecule has 1 aliphatic heterocycles. The van der Waals surface area contributed by atoms with E-state index in [-0.39, 0.29) is 5.91 Å². The van der Waals surface area contributed by atoms with E-state index in [4.69, 9.17) is 4.74 Å².